The van der Waals surface area contributed by atoms with E-state index in [-0.39, 0.29) is 26.1 Å². The summed E-state index contributed by atoms with van der Waals surface area (Å²) < 4.78 is 37.1. The Morgan fingerprint density at radius 3 is 2.37 bits per heavy atom. The fraction of sp³-hybridized carbons (Fsp3) is 0.188. The second kappa shape index (κ2) is 7.79. The molecule has 0 radical (unpaired) electrons. The summed E-state index contributed by atoms with van der Waals surface area (Å²) in [6, 6.07) is 4.30. The van der Waals surface area contributed by atoms with Crippen LogP contribution in [0.4, 0.5) is 10.1 Å². The fourth-order valence-corrected chi connectivity index (χ4v) is 3.48. The fourth-order valence-electron chi connectivity index (χ4n) is 2.26. The molecular weight excluding hydrogens is 422 g/mol. The van der Waals surface area contributed by atoms with Crippen molar-refractivity contribution < 1.29 is 22.5 Å². The first-order valence-electron chi connectivity index (χ1n) is 7.35. The molecule has 144 valence electrons. The minimum Gasteiger partial charge on any atom is -0.345 e. The summed E-state index contributed by atoms with van der Waals surface area (Å²) >= 11 is 11.6. The Balaban J connectivity index is 2.39. The molecule has 0 fully saturated rings. The zero-order chi connectivity index (χ0) is 20.5. The number of carbonyl (C=O) groups excluding carboxylic acids is 1. The van der Waals surface area contributed by atoms with Gasteiger partial charge in [0.1, 0.15) is 5.82 Å². The number of hydrogen-bond acceptors (Lipinski definition) is 5. The van der Waals surface area contributed by atoms with Crippen LogP contribution in [-0.2, 0) is 9.84 Å². The number of rotatable bonds is 5. The van der Waals surface area contributed by atoms with E-state index in [1.54, 1.807) is 0 Å². The van der Waals surface area contributed by atoms with E-state index >= 15 is 0 Å². The predicted molar refractivity (Wildman–Crippen MR) is 98.5 cm³/mol. The lowest BCUT2D eigenvalue weighted by Crippen LogP contribution is -2.27. The first kappa shape index (κ1) is 21.1. The number of carbonyl (C=O) groups is 1. The highest BCUT2D eigenvalue weighted by atomic mass is 35.5. The molecule has 0 heterocycles. The Bertz CT molecular complexity index is 1040. The molecule has 1 unspecified atom stereocenters. The average molecular weight is 435 g/mol. The van der Waals surface area contributed by atoms with E-state index in [1.165, 1.54) is 13.0 Å². The predicted octanol–water partition coefficient (Wildman–Crippen LogP) is 3.94. The molecule has 2 aromatic carbocycles. The van der Waals surface area contributed by atoms with Crippen LogP contribution in [0.2, 0.25) is 10.0 Å². The summed E-state index contributed by atoms with van der Waals surface area (Å²) in [4.78, 5) is 22.3. The summed E-state index contributed by atoms with van der Waals surface area (Å²) in [6.45, 7) is 1.52. The van der Waals surface area contributed by atoms with Gasteiger partial charge in [-0.15, -0.1) is 0 Å². The first-order valence-corrected chi connectivity index (χ1v) is 9.99. The van der Waals surface area contributed by atoms with E-state index in [2.05, 4.69) is 5.32 Å². The van der Waals surface area contributed by atoms with Crippen molar-refractivity contribution in [3.63, 3.8) is 0 Å². The van der Waals surface area contributed by atoms with Crippen LogP contribution in [0.25, 0.3) is 0 Å². The van der Waals surface area contributed by atoms with Gasteiger partial charge in [-0.2, -0.15) is 0 Å². The summed E-state index contributed by atoms with van der Waals surface area (Å²) in [5, 5.41) is 13.4. The van der Waals surface area contributed by atoms with E-state index in [9.17, 15) is 27.7 Å². The van der Waals surface area contributed by atoms with Gasteiger partial charge in [-0.1, -0.05) is 23.2 Å². The van der Waals surface area contributed by atoms with Crippen LogP contribution in [0.1, 0.15) is 28.9 Å². The molecule has 0 saturated heterocycles. The molecule has 0 aliphatic carbocycles. The maximum absolute atomic E-state index is 13.7. The number of nitrogens with zero attached hydrogens (tertiary/aromatic N) is 1. The molecule has 0 bridgehead atoms. The van der Waals surface area contributed by atoms with Crippen LogP contribution in [0.15, 0.2) is 35.2 Å². The van der Waals surface area contributed by atoms with E-state index in [0.717, 1.165) is 30.5 Å². The molecule has 7 nitrogen and oxygen atoms in total. The van der Waals surface area contributed by atoms with Gasteiger partial charge in [0.2, 0.25) is 0 Å². The molecule has 0 aliphatic rings. The van der Waals surface area contributed by atoms with Gasteiger partial charge >= 0.3 is 0 Å². The van der Waals surface area contributed by atoms with Crippen molar-refractivity contribution >= 4 is 44.6 Å². The van der Waals surface area contributed by atoms with Crippen LogP contribution in [0.3, 0.4) is 0 Å². The maximum atomic E-state index is 13.7. The SMILES string of the molecule is CC(NC(=O)c1cc([N+](=O)[O-])cc(S(C)(=O)=O)c1)c1cc(F)c(Cl)cc1Cl. The van der Waals surface area contributed by atoms with Gasteiger partial charge < -0.3 is 5.32 Å². The van der Waals surface area contributed by atoms with Gasteiger partial charge in [0, 0.05) is 29.0 Å². The van der Waals surface area contributed by atoms with Crippen LogP contribution < -0.4 is 5.32 Å². The maximum Gasteiger partial charge on any atom is 0.271 e. The van der Waals surface area contributed by atoms with Crippen LogP contribution in [0, 0.1) is 15.9 Å². The second-order valence-corrected chi connectivity index (χ2v) is 8.56. The molecular formula is C16H13Cl2FN2O5S. The van der Waals surface area contributed by atoms with Crippen molar-refractivity contribution in [2.45, 2.75) is 17.9 Å². The van der Waals surface area contributed by atoms with E-state index in [1.807, 2.05) is 0 Å². The van der Waals surface area contributed by atoms with Gasteiger partial charge in [-0.3, -0.25) is 14.9 Å². The molecule has 2 rings (SSSR count). The molecule has 2 aromatic rings. The number of sulfone groups is 1. The molecule has 0 aromatic heterocycles. The smallest absolute Gasteiger partial charge is 0.271 e. The lowest BCUT2D eigenvalue weighted by atomic mass is 10.1. The molecule has 1 amide bonds. The Morgan fingerprint density at radius 2 is 1.81 bits per heavy atom. The number of halogens is 3. The number of benzene rings is 2. The number of nitrogens with one attached hydrogen (secondary N) is 1. The Hall–Kier alpha value is -2.23. The van der Waals surface area contributed by atoms with Crippen molar-refractivity contribution in [2.24, 2.45) is 0 Å². The molecule has 11 heteroatoms. The minimum atomic E-state index is -3.78. The standard InChI is InChI=1S/C16H13Cl2FN2O5S/c1-8(12-6-15(19)14(18)7-13(12)17)20-16(22)9-3-10(21(23)24)5-11(4-9)27(2,25)26/h3-8H,1-2H3,(H,20,22). The molecule has 27 heavy (non-hydrogen) atoms. The quantitative estimate of drug-likeness (QED) is 0.435. The monoisotopic (exact) mass is 434 g/mol. The second-order valence-electron chi connectivity index (χ2n) is 5.73. The van der Waals surface area contributed by atoms with Gasteiger partial charge in [-0.25, -0.2) is 12.8 Å². The highest BCUT2D eigenvalue weighted by Gasteiger charge is 2.21. The minimum absolute atomic E-state index is 0.116. The van der Waals surface area contributed by atoms with Gasteiger partial charge in [0.05, 0.1) is 20.9 Å². The largest absolute Gasteiger partial charge is 0.345 e. The summed E-state index contributed by atoms with van der Waals surface area (Å²) in [7, 11) is -3.78. The molecule has 1 atom stereocenters. The van der Waals surface area contributed by atoms with Gasteiger partial charge in [-0.05, 0) is 30.7 Å². The molecule has 0 saturated carbocycles. The third-order valence-electron chi connectivity index (χ3n) is 3.65. The van der Waals surface area contributed by atoms with Crippen molar-refractivity contribution in [2.75, 3.05) is 6.26 Å². The van der Waals surface area contributed by atoms with E-state index in [4.69, 9.17) is 23.2 Å². The third kappa shape index (κ3) is 4.94. The number of nitro groups is 1. The molecule has 1 N–H and O–H groups in total. The third-order valence-corrected chi connectivity index (χ3v) is 5.36. The number of non-ortho nitro benzene ring substituents is 1. The van der Waals surface area contributed by atoms with Crippen molar-refractivity contribution in [3.05, 3.63) is 67.4 Å². The average Bonchev–Trinajstić information content (AvgIpc) is 2.56. The lowest BCUT2D eigenvalue weighted by Gasteiger charge is -2.16. The van der Waals surface area contributed by atoms with Crippen molar-refractivity contribution in [3.8, 4) is 0 Å². The summed E-state index contributed by atoms with van der Waals surface area (Å²) in [6.07, 6.45) is 0.868. The topological polar surface area (TPSA) is 106 Å². The molecule has 0 spiro atoms. The van der Waals surface area contributed by atoms with E-state index in [0.29, 0.717) is 0 Å². The lowest BCUT2D eigenvalue weighted by molar-refractivity contribution is -0.385. The van der Waals surface area contributed by atoms with Gasteiger partial charge in [0.15, 0.2) is 9.84 Å². The summed E-state index contributed by atoms with van der Waals surface area (Å²) in [5.74, 6) is -1.52. The number of hydrogen-bond donors (Lipinski definition) is 1. The van der Waals surface area contributed by atoms with Gasteiger partial charge in [0.25, 0.3) is 11.6 Å². The van der Waals surface area contributed by atoms with Crippen molar-refractivity contribution in [1.29, 1.82) is 0 Å². The number of amides is 1. The van der Waals surface area contributed by atoms with E-state index < -0.39 is 38.2 Å². The van der Waals surface area contributed by atoms with Crippen LogP contribution >= 0.6 is 23.2 Å². The zero-order valence-corrected chi connectivity index (χ0v) is 16.3. The zero-order valence-electron chi connectivity index (χ0n) is 14.0. The Labute approximate surface area is 164 Å². The Kier molecular flexibility index (Phi) is 6.08. The summed E-state index contributed by atoms with van der Waals surface area (Å²) in [5.41, 5.74) is -0.547. The highest BCUT2D eigenvalue weighted by Crippen LogP contribution is 2.29. The van der Waals surface area contributed by atoms with Crippen LogP contribution in [-0.4, -0.2) is 25.5 Å². The normalized spacial score (nSPS) is 12.5. The Morgan fingerprint density at radius 1 is 1.19 bits per heavy atom. The molecule has 0 aliphatic heterocycles. The van der Waals surface area contributed by atoms with Crippen LogP contribution in [0.5, 0.6) is 0 Å². The first-order chi connectivity index (χ1) is 12.4. The number of nitro benzene ring substituents is 1. The van der Waals surface area contributed by atoms with Crippen molar-refractivity contribution in [1.82, 2.24) is 5.32 Å². The highest BCUT2D eigenvalue weighted by molar-refractivity contribution is 7.90.